The highest BCUT2D eigenvalue weighted by molar-refractivity contribution is 5.80. The van der Waals surface area contributed by atoms with Gasteiger partial charge in [-0.25, -0.2) is 14.8 Å². The molecule has 1 heterocycles. The number of oxazole rings is 1. The quantitative estimate of drug-likeness (QED) is 0.684. The summed E-state index contributed by atoms with van der Waals surface area (Å²) in [5, 5.41) is 12.9. The van der Waals surface area contributed by atoms with E-state index in [9.17, 15) is 4.39 Å². The first kappa shape index (κ1) is 13.7. The zero-order valence-corrected chi connectivity index (χ0v) is 11.1. The molecule has 1 aromatic heterocycles. The van der Waals surface area contributed by atoms with Crippen molar-refractivity contribution in [3.63, 3.8) is 0 Å². The Morgan fingerprint density at radius 2 is 2.30 bits per heavy atom. The average molecular weight is 272 g/mol. The van der Waals surface area contributed by atoms with Crippen LogP contribution in [-0.4, -0.2) is 11.2 Å². The number of hydrazone groups is 1. The Hall–Kier alpha value is -2.68. The summed E-state index contributed by atoms with van der Waals surface area (Å²) in [4.78, 5) is 4.04. The van der Waals surface area contributed by atoms with Gasteiger partial charge in [0.2, 0.25) is 11.6 Å². The van der Waals surface area contributed by atoms with Crippen molar-refractivity contribution < 1.29 is 8.81 Å². The van der Waals surface area contributed by atoms with Crippen LogP contribution in [0.4, 0.5) is 10.3 Å². The fourth-order valence-corrected chi connectivity index (χ4v) is 1.49. The fraction of sp³-hybridized carbons (Fsp3) is 0.214. The molecular formula is C14H13FN4O. The lowest BCUT2D eigenvalue weighted by Crippen LogP contribution is -1.91. The Kier molecular flexibility index (Phi) is 4.11. The van der Waals surface area contributed by atoms with E-state index in [0.29, 0.717) is 11.5 Å². The molecule has 0 amide bonds. The van der Waals surface area contributed by atoms with Gasteiger partial charge in [-0.15, -0.1) is 0 Å². The normalized spacial score (nSPS) is 10.9. The van der Waals surface area contributed by atoms with Crippen LogP contribution in [0.25, 0.3) is 0 Å². The molecule has 0 fully saturated rings. The molecule has 102 valence electrons. The maximum absolute atomic E-state index is 13.0. The molecule has 5 nitrogen and oxygen atoms in total. The van der Waals surface area contributed by atoms with Gasteiger partial charge >= 0.3 is 0 Å². The summed E-state index contributed by atoms with van der Waals surface area (Å²) < 4.78 is 18.4. The third-order valence-electron chi connectivity index (χ3n) is 2.47. The molecule has 1 aromatic carbocycles. The van der Waals surface area contributed by atoms with Crippen molar-refractivity contribution in [3.8, 4) is 6.07 Å². The molecular weight excluding hydrogens is 259 g/mol. The van der Waals surface area contributed by atoms with Crippen LogP contribution in [0.15, 0.2) is 33.8 Å². The van der Waals surface area contributed by atoms with Crippen molar-refractivity contribution in [1.29, 1.82) is 5.26 Å². The molecule has 0 saturated heterocycles. The lowest BCUT2D eigenvalue weighted by Gasteiger charge is -1.97. The molecule has 0 radical (unpaired) electrons. The Labute approximate surface area is 115 Å². The van der Waals surface area contributed by atoms with Crippen LogP contribution in [0.1, 0.15) is 36.9 Å². The molecule has 20 heavy (non-hydrogen) atoms. The Morgan fingerprint density at radius 1 is 1.50 bits per heavy atom. The maximum Gasteiger partial charge on any atom is 0.252 e. The number of halogens is 1. The van der Waals surface area contributed by atoms with E-state index in [0.717, 1.165) is 0 Å². The molecule has 2 aromatic rings. The zero-order chi connectivity index (χ0) is 14.5. The standard InChI is InChI=1S/C14H13FN4O/c1-9(2)13-18-12(7-16)14(20-13)19-17-8-10-4-3-5-11(15)6-10/h3-6,8-9,19H,1-2H3/b17-8+. The van der Waals surface area contributed by atoms with E-state index in [1.165, 1.54) is 18.3 Å². The summed E-state index contributed by atoms with van der Waals surface area (Å²) in [5.74, 6) is 0.382. The largest absolute Gasteiger partial charge is 0.422 e. The van der Waals surface area contributed by atoms with Crippen LogP contribution >= 0.6 is 0 Å². The number of anilines is 1. The van der Waals surface area contributed by atoms with Crippen molar-refractivity contribution in [2.75, 3.05) is 5.43 Å². The SMILES string of the molecule is CC(C)c1nc(C#N)c(N/N=C/c2cccc(F)c2)o1. The van der Waals surface area contributed by atoms with Gasteiger partial charge in [-0.1, -0.05) is 26.0 Å². The van der Waals surface area contributed by atoms with Crippen molar-refractivity contribution in [2.24, 2.45) is 5.10 Å². The Balaban J connectivity index is 2.13. The van der Waals surface area contributed by atoms with Crippen molar-refractivity contribution in [1.82, 2.24) is 4.98 Å². The number of nitriles is 1. The minimum atomic E-state index is -0.339. The first-order valence-electron chi connectivity index (χ1n) is 6.05. The Bertz CT molecular complexity index is 670. The van der Waals surface area contributed by atoms with Gasteiger partial charge in [0.1, 0.15) is 11.9 Å². The topological polar surface area (TPSA) is 74.2 Å². The van der Waals surface area contributed by atoms with Gasteiger partial charge in [-0.3, -0.25) is 0 Å². The third-order valence-corrected chi connectivity index (χ3v) is 2.47. The van der Waals surface area contributed by atoms with Crippen LogP contribution < -0.4 is 5.43 Å². The molecule has 2 rings (SSSR count). The highest BCUT2D eigenvalue weighted by Gasteiger charge is 2.14. The highest BCUT2D eigenvalue weighted by Crippen LogP contribution is 2.21. The van der Waals surface area contributed by atoms with Crippen LogP contribution in [0, 0.1) is 17.1 Å². The summed E-state index contributed by atoms with van der Waals surface area (Å²) in [6, 6.07) is 7.92. The van der Waals surface area contributed by atoms with Gasteiger partial charge in [0.15, 0.2) is 0 Å². The predicted molar refractivity (Wildman–Crippen MR) is 72.9 cm³/mol. The van der Waals surface area contributed by atoms with Crippen LogP contribution in [0.2, 0.25) is 0 Å². The van der Waals surface area contributed by atoms with Gasteiger partial charge in [-0.05, 0) is 17.7 Å². The number of hydrogen-bond donors (Lipinski definition) is 1. The minimum Gasteiger partial charge on any atom is -0.422 e. The number of nitrogens with zero attached hydrogens (tertiary/aromatic N) is 3. The first-order chi connectivity index (χ1) is 9.60. The molecule has 0 aliphatic carbocycles. The molecule has 0 aliphatic heterocycles. The number of aromatic nitrogens is 1. The van der Waals surface area contributed by atoms with E-state index in [1.54, 1.807) is 12.1 Å². The summed E-state index contributed by atoms with van der Waals surface area (Å²) in [5.41, 5.74) is 3.34. The third kappa shape index (κ3) is 3.20. The first-order valence-corrected chi connectivity index (χ1v) is 6.05. The number of benzene rings is 1. The second-order valence-corrected chi connectivity index (χ2v) is 4.42. The van der Waals surface area contributed by atoms with Gasteiger partial charge in [0.25, 0.3) is 5.88 Å². The van der Waals surface area contributed by atoms with E-state index >= 15 is 0 Å². The number of hydrogen-bond acceptors (Lipinski definition) is 5. The van der Waals surface area contributed by atoms with Gasteiger partial charge in [0, 0.05) is 5.92 Å². The molecule has 1 N–H and O–H groups in total. The van der Waals surface area contributed by atoms with E-state index in [-0.39, 0.29) is 23.3 Å². The number of nitrogens with one attached hydrogen (secondary N) is 1. The lowest BCUT2D eigenvalue weighted by molar-refractivity contribution is 0.481. The summed E-state index contributed by atoms with van der Waals surface area (Å²) >= 11 is 0. The smallest absolute Gasteiger partial charge is 0.252 e. The molecule has 0 atom stereocenters. The molecule has 0 spiro atoms. The molecule has 0 unspecified atom stereocenters. The van der Waals surface area contributed by atoms with E-state index in [2.05, 4.69) is 15.5 Å². The number of rotatable bonds is 4. The second-order valence-electron chi connectivity index (χ2n) is 4.42. The zero-order valence-electron chi connectivity index (χ0n) is 11.1. The Morgan fingerprint density at radius 3 is 2.95 bits per heavy atom. The summed E-state index contributed by atoms with van der Waals surface area (Å²) in [6.45, 7) is 3.82. The maximum atomic E-state index is 13.0. The summed E-state index contributed by atoms with van der Waals surface area (Å²) in [6.07, 6.45) is 1.43. The molecule has 6 heteroatoms. The van der Waals surface area contributed by atoms with Crippen LogP contribution in [0.3, 0.4) is 0 Å². The van der Waals surface area contributed by atoms with E-state index < -0.39 is 0 Å². The van der Waals surface area contributed by atoms with Crippen LogP contribution in [-0.2, 0) is 0 Å². The fourth-order valence-electron chi connectivity index (χ4n) is 1.49. The van der Waals surface area contributed by atoms with Crippen molar-refractivity contribution in [2.45, 2.75) is 19.8 Å². The van der Waals surface area contributed by atoms with Gasteiger partial charge in [0.05, 0.1) is 6.21 Å². The molecule has 0 saturated carbocycles. The van der Waals surface area contributed by atoms with Gasteiger partial charge in [-0.2, -0.15) is 10.4 Å². The monoisotopic (exact) mass is 272 g/mol. The predicted octanol–water partition coefficient (Wildman–Crippen LogP) is 3.25. The summed E-state index contributed by atoms with van der Waals surface area (Å²) in [7, 11) is 0. The van der Waals surface area contributed by atoms with Crippen molar-refractivity contribution >= 4 is 12.1 Å². The van der Waals surface area contributed by atoms with Crippen LogP contribution in [0.5, 0.6) is 0 Å². The lowest BCUT2D eigenvalue weighted by atomic mass is 10.2. The highest BCUT2D eigenvalue weighted by atomic mass is 19.1. The van der Waals surface area contributed by atoms with E-state index in [4.69, 9.17) is 9.68 Å². The van der Waals surface area contributed by atoms with Gasteiger partial charge < -0.3 is 4.42 Å². The molecule has 0 bridgehead atoms. The average Bonchev–Trinajstić information content (AvgIpc) is 2.82. The molecule has 0 aliphatic rings. The van der Waals surface area contributed by atoms with Crippen molar-refractivity contribution in [3.05, 3.63) is 47.2 Å². The second kappa shape index (κ2) is 5.97. The minimum absolute atomic E-state index is 0.0739. The van der Waals surface area contributed by atoms with E-state index in [1.807, 2.05) is 19.9 Å².